The van der Waals surface area contributed by atoms with Crippen molar-refractivity contribution in [2.75, 3.05) is 20.2 Å². The lowest BCUT2D eigenvalue weighted by Crippen LogP contribution is -2.42. The molecule has 106 valence electrons. The first-order valence-electron chi connectivity index (χ1n) is 6.34. The number of nitrogens with zero attached hydrogens (tertiary/aromatic N) is 1. The topological polar surface area (TPSA) is 55.6 Å². The zero-order chi connectivity index (χ0) is 13.0. The van der Waals surface area contributed by atoms with Gasteiger partial charge >= 0.3 is 5.97 Å². The smallest absolute Gasteiger partial charge is 0.337 e. The summed E-state index contributed by atoms with van der Waals surface area (Å²) in [4.78, 5) is 13.8. The average Bonchev–Trinajstić information content (AvgIpc) is 2.38. The summed E-state index contributed by atoms with van der Waals surface area (Å²) in [5.74, 6) is -0.285. The molecule has 5 heteroatoms. The summed E-state index contributed by atoms with van der Waals surface area (Å²) in [7, 11) is 1.40. The minimum atomic E-state index is -0.285. The Morgan fingerprint density at radius 1 is 1.53 bits per heavy atom. The number of halogens is 1. The standard InChI is InChI=1S/C14H20N2O2.ClH/c1-18-14(17)12-5-2-4-11(8-12)9-16-7-3-6-13(15)10-16;/h2,4-5,8,13H,3,6-7,9-10,15H2,1H3;1H/t13-;/m1./s1. The van der Waals surface area contributed by atoms with Crippen LogP contribution in [-0.4, -0.2) is 37.1 Å². The Labute approximate surface area is 120 Å². The number of benzene rings is 1. The number of piperidine rings is 1. The number of likely N-dealkylation sites (tertiary alicyclic amines) is 1. The predicted octanol–water partition coefficient (Wildman–Crippen LogP) is 1.82. The van der Waals surface area contributed by atoms with E-state index in [2.05, 4.69) is 4.90 Å². The van der Waals surface area contributed by atoms with Crippen molar-refractivity contribution in [1.29, 1.82) is 0 Å². The van der Waals surface area contributed by atoms with Crippen molar-refractivity contribution in [1.82, 2.24) is 4.90 Å². The van der Waals surface area contributed by atoms with Gasteiger partial charge in [-0.05, 0) is 37.1 Å². The molecule has 0 amide bonds. The Bertz CT molecular complexity index is 426. The summed E-state index contributed by atoms with van der Waals surface area (Å²) in [5, 5.41) is 0. The first-order chi connectivity index (χ1) is 8.69. The number of hydrogen-bond donors (Lipinski definition) is 1. The summed E-state index contributed by atoms with van der Waals surface area (Å²) in [5.41, 5.74) is 7.70. The van der Waals surface area contributed by atoms with Crippen LogP contribution in [0.15, 0.2) is 24.3 Å². The zero-order valence-corrected chi connectivity index (χ0v) is 12.0. The molecule has 1 aliphatic rings. The Hall–Kier alpha value is -1.10. The molecule has 4 nitrogen and oxygen atoms in total. The summed E-state index contributed by atoms with van der Waals surface area (Å²) >= 11 is 0. The predicted molar refractivity (Wildman–Crippen MR) is 77.5 cm³/mol. The highest BCUT2D eigenvalue weighted by molar-refractivity contribution is 5.89. The van der Waals surface area contributed by atoms with Crippen molar-refractivity contribution in [2.24, 2.45) is 5.73 Å². The van der Waals surface area contributed by atoms with Gasteiger partial charge in [-0.2, -0.15) is 0 Å². The molecular formula is C14H21ClN2O2. The summed E-state index contributed by atoms with van der Waals surface area (Å²) in [6.07, 6.45) is 2.26. The molecule has 0 unspecified atom stereocenters. The van der Waals surface area contributed by atoms with E-state index in [4.69, 9.17) is 10.5 Å². The van der Waals surface area contributed by atoms with E-state index in [0.29, 0.717) is 5.56 Å². The van der Waals surface area contributed by atoms with Crippen LogP contribution < -0.4 is 5.73 Å². The molecule has 1 saturated heterocycles. The third-order valence-electron chi connectivity index (χ3n) is 3.30. The van der Waals surface area contributed by atoms with Crippen LogP contribution in [0.25, 0.3) is 0 Å². The SMILES string of the molecule is COC(=O)c1cccc(CN2CCC[C@@H](N)C2)c1.Cl. The second-order valence-corrected chi connectivity index (χ2v) is 4.83. The molecule has 0 radical (unpaired) electrons. The van der Waals surface area contributed by atoms with Crippen LogP contribution in [0.1, 0.15) is 28.8 Å². The second kappa shape index (κ2) is 7.48. The number of hydrogen-bond acceptors (Lipinski definition) is 4. The van der Waals surface area contributed by atoms with E-state index in [-0.39, 0.29) is 24.4 Å². The molecule has 19 heavy (non-hydrogen) atoms. The number of methoxy groups -OCH3 is 1. The van der Waals surface area contributed by atoms with Gasteiger partial charge in [0.2, 0.25) is 0 Å². The van der Waals surface area contributed by atoms with Gasteiger partial charge in [0.15, 0.2) is 0 Å². The van der Waals surface area contributed by atoms with E-state index in [0.717, 1.165) is 38.0 Å². The fourth-order valence-electron chi connectivity index (χ4n) is 2.41. The summed E-state index contributed by atoms with van der Waals surface area (Å²) in [6.45, 7) is 2.86. The second-order valence-electron chi connectivity index (χ2n) is 4.83. The van der Waals surface area contributed by atoms with Crippen LogP contribution in [0, 0.1) is 0 Å². The minimum Gasteiger partial charge on any atom is -0.465 e. The van der Waals surface area contributed by atoms with Crippen molar-refractivity contribution in [3.63, 3.8) is 0 Å². The molecule has 1 aromatic carbocycles. The van der Waals surface area contributed by atoms with E-state index in [1.165, 1.54) is 7.11 Å². The van der Waals surface area contributed by atoms with Crippen LogP contribution in [-0.2, 0) is 11.3 Å². The molecule has 2 rings (SSSR count). The lowest BCUT2D eigenvalue weighted by atomic mass is 10.0. The molecule has 0 bridgehead atoms. The Morgan fingerprint density at radius 2 is 2.32 bits per heavy atom. The van der Waals surface area contributed by atoms with Crippen molar-refractivity contribution in [3.8, 4) is 0 Å². The van der Waals surface area contributed by atoms with Gasteiger partial charge in [-0.15, -0.1) is 12.4 Å². The number of ether oxygens (including phenoxy) is 1. The average molecular weight is 285 g/mol. The van der Waals surface area contributed by atoms with Crippen LogP contribution in [0.2, 0.25) is 0 Å². The molecule has 1 heterocycles. The quantitative estimate of drug-likeness (QED) is 0.860. The van der Waals surface area contributed by atoms with Crippen LogP contribution in [0.5, 0.6) is 0 Å². The number of carbonyl (C=O) groups excluding carboxylic acids is 1. The van der Waals surface area contributed by atoms with Crippen molar-refractivity contribution >= 4 is 18.4 Å². The number of nitrogens with two attached hydrogens (primary N) is 1. The van der Waals surface area contributed by atoms with Gasteiger partial charge in [0.1, 0.15) is 0 Å². The molecule has 1 aromatic rings. The van der Waals surface area contributed by atoms with Crippen LogP contribution in [0.4, 0.5) is 0 Å². The molecule has 2 N–H and O–H groups in total. The van der Waals surface area contributed by atoms with E-state index in [1.807, 2.05) is 18.2 Å². The van der Waals surface area contributed by atoms with Gasteiger partial charge < -0.3 is 10.5 Å². The first kappa shape index (κ1) is 16.0. The molecule has 0 saturated carbocycles. The van der Waals surface area contributed by atoms with Gasteiger partial charge in [0.05, 0.1) is 12.7 Å². The van der Waals surface area contributed by atoms with E-state index >= 15 is 0 Å². The molecule has 0 aromatic heterocycles. The molecule has 1 aliphatic heterocycles. The maximum Gasteiger partial charge on any atom is 0.337 e. The lowest BCUT2D eigenvalue weighted by Gasteiger charge is -2.30. The van der Waals surface area contributed by atoms with E-state index in [1.54, 1.807) is 6.07 Å². The normalized spacial score (nSPS) is 19.6. The van der Waals surface area contributed by atoms with E-state index in [9.17, 15) is 4.79 Å². The Morgan fingerprint density at radius 3 is 3.00 bits per heavy atom. The summed E-state index contributed by atoms with van der Waals surface area (Å²) < 4.78 is 4.73. The third-order valence-corrected chi connectivity index (χ3v) is 3.30. The molecule has 1 fully saturated rings. The van der Waals surface area contributed by atoms with Crippen molar-refractivity contribution < 1.29 is 9.53 Å². The largest absolute Gasteiger partial charge is 0.465 e. The minimum absolute atomic E-state index is 0. The fourth-order valence-corrected chi connectivity index (χ4v) is 2.41. The monoisotopic (exact) mass is 284 g/mol. The molecule has 1 atom stereocenters. The van der Waals surface area contributed by atoms with Crippen molar-refractivity contribution in [3.05, 3.63) is 35.4 Å². The maximum atomic E-state index is 11.5. The number of rotatable bonds is 3. The van der Waals surface area contributed by atoms with Crippen LogP contribution >= 0.6 is 12.4 Å². The summed E-state index contributed by atoms with van der Waals surface area (Å²) in [6, 6.07) is 7.88. The van der Waals surface area contributed by atoms with Gasteiger partial charge in [0.25, 0.3) is 0 Å². The Kier molecular flexibility index (Phi) is 6.28. The molecule has 0 aliphatic carbocycles. The van der Waals surface area contributed by atoms with Gasteiger partial charge in [-0.25, -0.2) is 4.79 Å². The van der Waals surface area contributed by atoms with Gasteiger partial charge in [-0.1, -0.05) is 12.1 Å². The number of esters is 1. The van der Waals surface area contributed by atoms with E-state index < -0.39 is 0 Å². The Balaban J connectivity index is 0.00000180. The highest BCUT2D eigenvalue weighted by Crippen LogP contribution is 2.14. The van der Waals surface area contributed by atoms with Gasteiger partial charge in [0, 0.05) is 19.1 Å². The highest BCUT2D eigenvalue weighted by Gasteiger charge is 2.17. The number of carbonyl (C=O) groups is 1. The maximum absolute atomic E-state index is 11.5. The highest BCUT2D eigenvalue weighted by atomic mass is 35.5. The first-order valence-corrected chi connectivity index (χ1v) is 6.34. The lowest BCUT2D eigenvalue weighted by molar-refractivity contribution is 0.0600. The fraction of sp³-hybridized carbons (Fsp3) is 0.500. The van der Waals surface area contributed by atoms with Crippen molar-refractivity contribution in [2.45, 2.75) is 25.4 Å². The van der Waals surface area contributed by atoms with Gasteiger partial charge in [-0.3, -0.25) is 4.90 Å². The van der Waals surface area contributed by atoms with Crippen LogP contribution in [0.3, 0.4) is 0 Å². The zero-order valence-electron chi connectivity index (χ0n) is 11.2. The third kappa shape index (κ3) is 4.49. The molecular weight excluding hydrogens is 264 g/mol. The molecule has 0 spiro atoms.